The molecule has 2 aromatic heterocycles. The van der Waals surface area contributed by atoms with Crippen molar-refractivity contribution in [1.82, 2.24) is 4.98 Å². The molecule has 0 aliphatic rings. The number of carbonyl (C=O) groups excluding carboxylic acids is 2. The lowest BCUT2D eigenvalue weighted by atomic mass is 10.2. The Morgan fingerprint density at radius 1 is 1.19 bits per heavy atom. The molecule has 0 bridgehead atoms. The van der Waals surface area contributed by atoms with Gasteiger partial charge in [0.15, 0.2) is 0 Å². The summed E-state index contributed by atoms with van der Waals surface area (Å²) in [5, 5.41) is 6.11. The number of methoxy groups -OCH3 is 1. The first kappa shape index (κ1) is 18.5. The minimum absolute atomic E-state index is 0.282. The van der Waals surface area contributed by atoms with E-state index in [2.05, 4.69) is 20.4 Å². The highest BCUT2D eigenvalue weighted by atomic mass is 35.5. The number of nitrogens with one attached hydrogen (secondary N) is 2. The summed E-state index contributed by atoms with van der Waals surface area (Å²) < 4.78 is 9.92. The number of aromatic nitrogens is 1. The molecule has 1 amide bonds. The van der Waals surface area contributed by atoms with Crippen LogP contribution < -0.4 is 10.6 Å². The third kappa shape index (κ3) is 4.65. The zero-order chi connectivity index (χ0) is 19.2. The van der Waals surface area contributed by atoms with Crippen molar-refractivity contribution >= 4 is 34.9 Å². The standard InChI is InChI=1S/C19H16ClN3O4/c1-26-19(25)12-4-5-16(20)17(8-12)23-18(24)13-7-14(10-21-9-13)22-11-15-3-2-6-27-15/h2-10,22H,11H2,1H3,(H,23,24). The topological polar surface area (TPSA) is 93.5 Å². The van der Waals surface area contributed by atoms with Crippen LogP contribution in [0.3, 0.4) is 0 Å². The zero-order valence-electron chi connectivity index (χ0n) is 14.4. The minimum atomic E-state index is -0.520. The van der Waals surface area contributed by atoms with Crippen LogP contribution in [0.4, 0.5) is 11.4 Å². The molecule has 0 aliphatic carbocycles. The molecule has 8 heteroatoms. The summed E-state index contributed by atoms with van der Waals surface area (Å²) in [5.41, 5.74) is 1.58. The molecule has 0 aliphatic heterocycles. The van der Waals surface area contributed by atoms with Gasteiger partial charge >= 0.3 is 5.97 Å². The first-order chi connectivity index (χ1) is 13.1. The molecule has 3 aromatic rings. The summed E-state index contributed by atoms with van der Waals surface area (Å²) in [5.74, 6) is -0.169. The summed E-state index contributed by atoms with van der Waals surface area (Å²) in [7, 11) is 1.28. The second kappa shape index (κ2) is 8.37. The number of ether oxygens (including phenoxy) is 1. The molecule has 7 nitrogen and oxygen atoms in total. The Hall–Kier alpha value is -3.32. The Labute approximate surface area is 160 Å². The molecule has 0 fully saturated rings. The molecule has 27 heavy (non-hydrogen) atoms. The smallest absolute Gasteiger partial charge is 0.337 e. The number of rotatable bonds is 6. The third-order valence-electron chi connectivity index (χ3n) is 3.68. The Morgan fingerprint density at radius 2 is 2.04 bits per heavy atom. The number of furan rings is 1. The predicted molar refractivity (Wildman–Crippen MR) is 101 cm³/mol. The Balaban J connectivity index is 1.72. The van der Waals surface area contributed by atoms with Crippen LogP contribution in [0.1, 0.15) is 26.5 Å². The quantitative estimate of drug-likeness (QED) is 0.623. The molecule has 0 saturated carbocycles. The van der Waals surface area contributed by atoms with Crippen molar-refractivity contribution in [1.29, 1.82) is 0 Å². The number of halogens is 1. The summed E-state index contributed by atoms with van der Waals surface area (Å²) in [6.45, 7) is 0.465. The second-order valence-electron chi connectivity index (χ2n) is 5.54. The SMILES string of the molecule is COC(=O)c1ccc(Cl)c(NC(=O)c2cncc(NCc3ccco3)c2)c1. The molecule has 0 unspecified atom stereocenters. The molecular formula is C19H16ClN3O4. The van der Waals surface area contributed by atoms with E-state index in [0.717, 1.165) is 5.76 Å². The van der Waals surface area contributed by atoms with Gasteiger partial charge in [-0.05, 0) is 36.4 Å². The first-order valence-corrected chi connectivity index (χ1v) is 8.35. The monoisotopic (exact) mass is 385 g/mol. The van der Waals surface area contributed by atoms with Crippen molar-refractivity contribution in [2.45, 2.75) is 6.54 Å². The van der Waals surface area contributed by atoms with Gasteiger partial charge in [-0.25, -0.2) is 4.79 Å². The highest BCUT2D eigenvalue weighted by Gasteiger charge is 2.13. The predicted octanol–water partition coefficient (Wildman–Crippen LogP) is 3.98. The summed E-state index contributed by atoms with van der Waals surface area (Å²) in [6.07, 6.45) is 4.63. The van der Waals surface area contributed by atoms with Gasteiger partial charge in [-0.3, -0.25) is 9.78 Å². The van der Waals surface area contributed by atoms with Crippen molar-refractivity contribution in [3.63, 3.8) is 0 Å². The van der Waals surface area contributed by atoms with Gasteiger partial charge in [-0.2, -0.15) is 0 Å². The molecule has 0 saturated heterocycles. The lowest BCUT2D eigenvalue weighted by Crippen LogP contribution is -2.14. The van der Waals surface area contributed by atoms with E-state index >= 15 is 0 Å². The van der Waals surface area contributed by atoms with Gasteiger partial charge < -0.3 is 19.8 Å². The number of anilines is 2. The molecule has 2 N–H and O–H groups in total. The van der Waals surface area contributed by atoms with Crippen LogP contribution in [0, 0.1) is 0 Å². The van der Waals surface area contributed by atoms with Crippen molar-refractivity contribution < 1.29 is 18.7 Å². The van der Waals surface area contributed by atoms with E-state index in [4.69, 9.17) is 16.0 Å². The minimum Gasteiger partial charge on any atom is -0.467 e. The van der Waals surface area contributed by atoms with Crippen molar-refractivity contribution in [2.75, 3.05) is 17.7 Å². The molecule has 3 rings (SSSR count). The number of pyridine rings is 1. The van der Waals surface area contributed by atoms with Gasteiger partial charge in [-0.1, -0.05) is 11.6 Å². The van der Waals surface area contributed by atoms with Crippen molar-refractivity contribution in [3.8, 4) is 0 Å². The van der Waals surface area contributed by atoms with Crippen LogP contribution in [0.2, 0.25) is 5.02 Å². The third-order valence-corrected chi connectivity index (χ3v) is 4.01. The Kier molecular flexibility index (Phi) is 5.73. The van der Waals surface area contributed by atoms with Crippen molar-refractivity contribution in [2.24, 2.45) is 0 Å². The molecule has 0 atom stereocenters. The number of hydrogen-bond acceptors (Lipinski definition) is 6. The van der Waals surface area contributed by atoms with Crippen LogP contribution >= 0.6 is 11.6 Å². The van der Waals surface area contributed by atoms with Crippen LogP contribution in [0.5, 0.6) is 0 Å². The average molecular weight is 386 g/mol. The molecule has 1 aromatic carbocycles. The maximum Gasteiger partial charge on any atom is 0.337 e. The van der Waals surface area contributed by atoms with E-state index in [-0.39, 0.29) is 5.56 Å². The van der Waals surface area contributed by atoms with E-state index in [1.807, 2.05) is 6.07 Å². The highest BCUT2D eigenvalue weighted by molar-refractivity contribution is 6.34. The second-order valence-corrected chi connectivity index (χ2v) is 5.94. The van der Waals surface area contributed by atoms with Gasteiger partial charge in [0, 0.05) is 12.4 Å². The maximum absolute atomic E-state index is 12.5. The fourth-order valence-corrected chi connectivity index (χ4v) is 2.49. The number of carbonyl (C=O) groups is 2. The Morgan fingerprint density at radius 3 is 2.78 bits per heavy atom. The molecule has 2 heterocycles. The van der Waals surface area contributed by atoms with Crippen LogP contribution in [0.25, 0.3) is 0 Å². The fraction of sp³-hybridized carbons (Fsp3) is 0.105. The molecule has 0 radical (unpaired) electrons. The molecular weight excluding hydrogens is 370 g/mol. The lowest BCUT2D eigenvalue weighted by molar-refractivity contribution is 0.0600. The molecule has 0 spiro atoms. The van der Waals surface area contributed by atoms with Crippen LogP contribution in [-0.2, 0) is 11.3 Å². The zero-order valence-corrected chi connectivity index (χ0v) is 15.1. The number of amides is 1. The normalized spacial score (nSPS) is 10.3. The van der Waals surface area contributed by atoms with Crippen molar-refractivity contribution in [3.05, 3.63) is 77.0 Å². The van der Waals surface area contributed by atoms with E-state index < -0.39 is 11.9 Å². The lowest BCUT2D eigenvalue weighted by Gasteiger charge is -2.10. The van der Waals surface area contributed by atoms with E-state index in [0.29, 0.717) is 28.5 Å². The van der Waals surface area contributed by atoms with E-state index in [1.165, 1.54) is 31.5 Å². The van der Waals surface area contributed by atoms with Gasteiger partial charge in [0.1, 0.15) is 5.76 Å². The first-order valence-electron chi connectivity index (χ1n) is 7.97. The summed E-state index contributed by atoms with van der Waals surface area (Å²) in [4.78, 5) is 28.2. The number of hydrogen-bond donors (Lipinski definition) is 2. The highest BCUT2D eigenvalue weighted by Crippen LogP contribution is 2.24. The maximum atomic E-state index is 12.5. The summed E-state index contributed by atoms with van der Waals surface area (Å²) in [6, 6.07) is 9.79. The molecule has 138 valence electrons. The van der Waals surface area contributed by atoms with Crippen LogP contribution in [0.15, 0.2) is 59.5 Å². The van der Waals surface area contributed by atoms with Gasteiger partial charge in [0.05, 0.1) is 47.4 Å². The van der Waals surface area contributed by atoms with Gasteiger partial charge in [0.2, 0.25) is 0 Å². The van der Waals surface area contributed by atoms with E-state index in [1.54, 1.807) is 24.6 Å². The average Bonchev–Trinajstić information content (AvgIpc) is 3.21. The van der Waals surface area contributed by atoms with Crippen LogP contribution in [-0.4, -0.2) is 24.0 Å². The Bertz CT molecular complexity index is 957. The van der Waals surface area contributed by atoms with Gasteiger partial charge in [0.25, 0.3) is 5.91 Å². The van der Waals surface area contributed by atoms with E-state index in [9.17, 15) is 9.59 Å². The van der Waals surface area contributed by atoms with Gasteiger partial charge in [-0.15, -0.1) is 0 Å². The summed E-state index contributed by atoms with van der Waals surface area (Å²) >= 11 is 6.11. The fourth-order valence-electron chi connectivity index (χ4n) is 2.32. The largest absolute Gasteiger partial charge is 0.467 e. The number of esters is 1. The number of nitrogens with zero attached hydrogens (tertiary/aromatic N) is 1. The number of benzene rings is 1.